The van der Waals surface area contributed by atoms with E-state index in [2.05, 4.69) is 20.6 Å². The number of nitrogens with one attached hydrogen (secondary N) is 1. The minimum atomic E-state index is -0.594. The number of amides is 1. The third-order valence-corrected chi connectivity index (χ3v) is 3.55. The molecule has 0 spiro atoms. The molecule has 1 aromatic carbocycles. The molecule has 7 heteroatoms. The molecular formula is C19H19N5O2. The van der Waals surface area contributed by atoms with Gasteiger partial charge in [-0.3, -0.25) is 9.67 Å². The van der Waals surface area contributed by atoms with Gasteiger partial charge in [0.25, 0.3) is 0 Å². The highest BCUT2D eigenvalue weighted by Gasteiger charge is 2.10. The molecule has 3 aromatic rings. The number of ether oxygens (including phenoxy) is 1. The average molecular weight is 349 g/mol. The maximum atomic E-state index is 11.4. The second-order valence-corrected chi connectivity index (χ2v) is 5.45. The highest BCUT2D eigenvalue weighted by molar-refractivity contribution is 5.88. The molecule has 0 aliphatic carbocycles. The van der Waals surface area contributed by atoms with Crippen molar-refractivity contribution in [2.24, 2.45) is 5.10 Å². The van der Waals surface area contributed by atoms with Crippen LogP contribution in [0.5, 0.6) is 0 Å². The van der Waals surface area contributed by atoms with E-state index in [-0.39, 0.29) is 6.61 Å². The molecule has 0 bridgehead atoms. The lowest BCUT2D eigenvalue weighted by Crippen LogP contribution is -2.18. The Hall–Kier alpha value is -3.48. The van der Waals surface area contributed by atoms with E-state index in [0.717, 1.165) is 22.4 Å². The molecular weight excluding hydrogens is 330 g/mol. The number of nitrogens with zero attached hydrogens (tertiary/aromatic N) is 4. The van der Waals surface area contributed by atoms with Gasteiger partial charge in [0.15, 0.2) is 0 Å². The van der Waals surface area contributed by atoms with Crippen LogP contribution in [0.25, 0.3) is 11.3 Å². The number of carbonyl (C=O) groups is 1. The SMILES string of the molecule is CCOC(=O)N/N=C/c1cn(Cc2ccccc2)nc1-c1cccnc1. The normalized spacial score (nSPS) is 10.8. The van der Waals surface area contributed by atoms with Gasteiger partial charge < -0.3 is 4.74 Å². The van der Waals surface area contributed by atoms with E-state index in [1.165, 1.54) is 0 Å². The van der Waals surface area contributed by atoms with E-state index >= 15 is 0 Å². The molecule has 0 saturated heterocycles. The predicted octanol–water partition coefficient (Wildman–Crippen LogP) is 3.07. The minimum absolute atomic E-state index is 0.289. The number of carbonyl (C=O) groups excluding carboxylic acids is 1. The van der Waals surface area contributed by atoms with Gasteiger partial charge in [-0.2, -0.15) is 10.2 Å². The fourth-order valence-corrected chi connectivity index (χ4v) is 2.43. The smallest absolute Gasteiger partial charge is 0.427 e. The topological polar surface area (TPSA) is 81.4 Å². The average Bonchev–Trinajstić information content (AvgIpc) is 3.06. The van der Waals surface area contributed by atoms with Crippen LogP contribution < -0.4 is 5.43 Å². The molecule has 1 N–H and O–H groups in total. The molecule has 0 radical (unpaired) electrons. The molecule has 2 aromatic heterocycles. The van der Waals surface area contributed by atoms with Gasteiger partial charge in [-0.25, -0.2) is 10.2 Å². The highest BCUT2D eigenvalue weighted by atomic mass is 16.5. The van der Waals surface area contributed by atoms with Crippen molar-refractivity contribution in [3.05, 3.63) is 72.2 Å². The van der Waals surface area contributed by atoms with Crippen molar-refractivity contribution in [3.63, 3.8) is 0 Å². The van der Waals surface area contributed by atoms with E-state index in [1.807, 2.05) is 53.3 Å². The molecule has 3 rings (SSSR count). The number of rotatable bonds is 6. The van der Waals surface area contributed by atoms with Crippen molar-refractivity contribution in [1.29, 1.82) is 0 Å². The van der Waals surface area contributed by atoms with Gasteiger partial charge in [0, 0.05) is 29.7 Å². The van der Waals surface area contributed by atoms with Crippen LogP contribution in [0.4, 0.5) is 4.79 Å². The van der Waals surface area contributed by atoms with E-state index in [4.69, 9.17) is 4.74 Å². The van der Waals surface area contributed by atoms with Gasteiger partial charge >= 0.3 is 6.09 Å². The molecule has 26 heavy (non-hydrogen) atoms. The largest absolute Gasteiger partial charge is 0.449 e. The number of benzene rings is 1. The van der Waals surface area contributed by atoms with Crippen molar-refractivity contribution in [1.82, 2.24) is 20.2 Å². The lowest BCUT2D eigenvalue weighted by Gasteiger charge is -2.01. The first kappa shape index (κ1) is 17.3. The lowest BCUT2D eigenvalue weighted by atomic mass is 10.1. The first-order chi connectivity index (χ1) is 12.8. The number of pyridine rings is 1. The Kier molecular flexibility index (Phi) is 5.72. The van der Waals surface area contributed by atoms with Gasteiger partial charge in [0.1, 0.15) is 5.69 Å². The maximum Gasteiger partial charge on any atom is 0.427 e. The minimum Gasteiger partial charge on any atom is -0.449 e. The van der Waals surface area contributed by atoms with Gasteiger partial charge in [0.05, 0.1) is 19.4 Å². The van der Waals surface area contributed by atoms with Gasteiger partial charge in [-0.15, -0.1) is 0 Å². The lowest BCUT2D eigenvalue weighted by molar-refractivity contribution is 0.152. The van der Waals surface area contributed by atoms with Crippen molar-refractivity contribution < 1.29 is 9.53 Å². The zero-order chi connectivity index (χ0) is 18.2. The van der Waals surface area contributed by atoms with Gasteiger partial charge in [-0.05, 0) is 24.6 Å². The summed E-state index contributed by atoms with van der Waals surface area (Å²) in [6.45, 7) is 2.65. The molecule has 1 amide bonds. The Morgan fingerprint density at radius 3 is 2.85 bits per heavy atom. The second-order valence-electron chi connectivity index (χ2n) is 5.45. The van der Waals surface area contributed by atoms with Crippen molar-refractivity contribution >= 4 is 12.3 Å². The molecule has 0 saturated carbocycles. The van der Waals surface area contributed by atoms with Crippen LogP contribution in [0.15, 0.2) is 66.2 Å². The van der Waals surface area contributed by atoms with E-state index in [9.17, 15) is 4.79 Å². The van der Waals surface area contributed by atoms with Crippen LogP contribution in [0.3, 0.4) is 0 Å². The molecule has 2 heterocycles. The van der Waals surface area contributed by atoms with Crippen LogP contribution in [0, 0.1) is 0 Å². The van der Waals surface area contributed by atoms with Crippen LogP contribution in [-0.2, 0) is 11.3 Å². The zero-order valence-electron chi connectivity index (χ0n) is 14.4. The molecule has 0 aliphatic heterocycles. The number of aromatic nitrogens is 3. The van der Waals surface area contributed by atoms with Crippen LogP contribution >= 0.6 is 0 Å². The van der Waals surface area contributed by atoms with Gasteiger partial charge in [0.2, 0.25) is 0 Å². The summed E-state index contributed by atoms with van der Waals surface area (Å²) in [4.78, 5) is 15.5. The van der Waals surface area contributed by atoms with Crippen molar-refractivity contribution in [2.45, 2.75) is 13.5 Å². The number of hydrogen-bond acceptors (Lipinski definition) is 5. The third-order valence-electron chi connectivity index (χ3n) is 3.55. The quantitative estimate of drug-likeness (QED) is 0.548. The maximum absolute atomic E-state index is 11.4. The summed E-state index contributed by atoms with van der Waals surface area (Å²) in [7, 11) is 0. The summed E-state index contributed by atoms with van der Waals surface area (Å²) in [5, 5.41) is 8.59. The van der Waals surface area contributed by atoms with E-state index in [1.54, 1.807) is 25.5 Å². The highest BCUT2D eigenvalue weighted by Crippen LogP contribution is 2.20. The summed E-state index contributed by atoms with van der Waals surface area (Å²) in [6, 6.07) is 13.8. The summed E-state index contributed by atoms with van der Waals surface area (Å²) >= 11 is 0. The second kappa shape index (κ2) is 8.57. The Labute approximate surface area is 151 Å². The molecule has 0 unspecified atom stereocenters. The molecule has 0 aliphatic rings. The van der Waals surface area contributed by atoms with E-state index < -0.39 is 6.09 Å². The zero-order valence-corrected chi connectivity index (χ0v) is 14.4. The molecule has 7 nitrogen and oxygen atoms in total. The number of hydrazone groups is 1. The summed E-state index contributed by atoms with van der Waals surface area (Å²) in [5.41, 5.74) is 5.85. The Balaban J connectivity index is 1.86. The fourth-order valence-electron chi connectivity index (χ4n) is 2.43. The summed E-state index contributed by atoms with van der Waals surface area (Å²) in [5.74, 6) is 0. The Bertz CT molecular complexity index is 875. The predicted molar refractivity (Wildman–Crippen MR) is 98.8 cm³/mol. The van der Waals surface area contributed by atoms with Crippen LogP contribution in [0.2, 0.25) is 0 Å². The van der Waals surface area contributed by atoms with Crippen LogP contribution in [0.1, 0.15) is 18.1 Å². The third kappa shape index (κ3) is 4.54. The standard InChI is InChI=1S/C19H19N5O2/c1-2-26-19(25)22-21-12-17-14-24(13-15-7-4-3-5-8-15)23-18(17)16-9-6-10-20-11-16/h3-12,14H,2,13H2,1H3,(H,22,25)/b21-12+. The first-order valence-corrected chi connectivity index (χ1v) is 8.24. The Morgan fingerprint density at radius 1 is 1.27 bits per heavy atom. The number of hydrogen-bond donors (Lipinski definition) is 1. The summed E-state index contributed by atoms with van der Waals surface area (Å²) in [6.07, 6.45) is 6.29. The first-order valence-electron chi connectivity index (χ1n) is 8.24. The van der Waals surface area contributed by atoms with Gasteiger partial charge in [-0.1, -0.05) is 30.3 Å². The summed E-state index contributed by atoms with van der Waals surface area (Å²) < 4.78 is 6.62. The van der Waals surface area contributed by atoms with Crippen molar-refractivity contribution in [2.75, 3.05) is 6.61 Å². The Morgan fingerprint density at radius 2 is 2.12 bits per heavy atom. The fraction of sp³-hybridized carbons (Fsp3) is 0.158. The van der Waals surface area contributed by atoms with Crippen molar-refractivity contribution in [3.8, 4) is 11.3 Å². The molecule has 0 fully saturated rings. The van der Waals surface area contributed by atoms with Crippen LogP contribution in [-0.4, -0.2) is 33.7 Å². The molecule has 0 atom stereocenters. The molecule has 132 valence electrons. The monoisotopic (exact) mass is 349 g/mol. The van der Waals surface area contributed by atoms with E-state index in [0.29, 0.717) is 6.54 Å².